The molecule has 3 aliphatic rings. The third kappa shape index (κ3) is 3.64. The van der Waals surface area contributed by atoms with Crippen molar-refractivity contribution in [2.75, 3.05) is 25.5 Å². The van der Waals surface area contributed by atoms with Gasteiger partial charge in [0.2, 0.25) is 5.91 Å². The summed E-state index contributed by atoms with van der Waals surface area (Å²) in [5.41, 5.74) is 1.74. The fraction of sp³-hybridized carbons (Fsp3) is 0.526. The normalized spacial score (nSPS) is 27.4. The van der Waals surface area contributed by atoms with Gasteiger partial charge in [-0.05, 0) is 18.1 Å². The van der Waals surface area contributed by atoms with E-state index in [9.17, 15) is 4.79 Å². The van der Waals surface area contributed by atoms with Gasteiger partial charge in [-0.3, -0.25) is 4.79 Å². The highest BCUT2D eigenvalue weighted by molar-refractivity contribution is 5.92. The van der Waals surface area contributed by atoms with Gasteiger partial charge in [-0.25, -0.2) is 4.68 Å². The van der Waals surface area contributed by atoms with E-state index >= 15 is 0 Å². The van der Waals surface area contributed by atoms with Crippen LogP contribution in [0, 0.1) is 11.8 Å². The molecule has 7 heteroatoms. The molecule has 2 aromatic rings. The predicted molar refractivity (Wildman–Crippen MR) is 96.5 cm³/mol. The number of amides is 1. The summed E-state index contributed by atoms with van der Waals surface area (Å²) in [6, 6.07) is 10.2. The molecule has 1 amide bonds. The van der Waals surface area contributed by atoms with E-state index in [4.69, 9.17) is 4.74 Å². The summed E-state index contributed by atoms with van der Waals surface area (Å²) in [6.45, 7) is 3.40. The van der Waals surface area contributed by atoms with Crippen molar-refractivity contribution in [1.29, 1.82) is 0 Å². The SMILES string of the molecule is COCc1cn(C[C@H]2C[C@H]3CC[NH+]2C[C@@H]3C(=O)Nc2ccccc2)nn1. The highest BCUT2D eigenvalue weighted by atomic mass is 16.5. The molecule has 0 radical (unpaired) electrons. The van der Waals surface area contributed by atoms with Crippen molar-refractivity contribution in [1.82, 2.24) is 15.0 Å². The van der Waals surface area contributed by atoms with Crippen LogP contribution in [-0.4, -0.2) is 47.1 Å². The van der Waals surface area contributed by atoms with Crippen LogP contribution in [0.4, 0.5) is 5.69 Å². The van der Waals surface area contributed by atoms with Gasteiger partial charge in [0, 0.05) is 25.6 Å². The maximum Gasteiger partial charge on any atom is 0.233 e. The Morgan fingerprint density at radius 1 is 1.38 bits per heavy atom. The smallest absolute Gasteiger partial charge is 0.233 e. The van der Waals surface area contributed by atoms with Gasteiger partial charge in [-0.15, -0.1) is 5.10 Å². The Bertz CT molecular complexity index is 747. The predicted octanol–water partition coefficient (Wildman–Crippen LogP) is 0.357. The molecule has 1 aromatic carbocycles. The Balaban J connectivity index is 1.37. The summed E-state index contributed by atoms with van der Waals surface area (Å²) in [5, 5.41) is 11.4. The molecule has 3 aliphatic heterocycles. The van der Waals surface area contributed by atoms with Crippen LogP contribution in [0.25, 0.3) is 0 Å². The molecule has 1 aromatic heterocycles. The van der Waals surface area contributed by atoms with Crippen LogP contribution in [-0.2, 0) is 22.7 Å². The number of nitrogens with one attached hydrogen (secondary N) is 2. The lowest BCUT2D eigenvalue weighted by molar-refractivity contribution is -0.945. The zero-order valence-corrected chi connectivity index (χ0v) is 15.1. The number of carbonyl (C=O) groups is 1. The van der Waals surface area contributed by atoms with Gasteiger partial charge in [0.15, 0.2) is 0 Å². The minimum Gasteiger partial charge on any atom is -0.378 e. The number of anilines is 1. The van der Waals surface area contributed by atoms with Gasteiger partial charge in [0.1, 0.15) is 11.7 Å². The molecule has 3 fully saturated rings. The van der Waals surface area contributed by atoms with Gasteiger partial charge < -0.3 is 15.0 Å². The lowest BCUT2D eigenvalue weighted by atomic mass is 9.75. The van der Waals surface area contributed by atoms with E-state index in [2.05, 4.69) is 15.6 Å². The number of quaternary nitrogens is 1. The van der Waals surface area contributed by atoms with Gasteiger partial charge >= 0.3 is 0 Å². The first-order valence-electron chi connectivity index (χ1n) is 9.31. The molecule has 0 aliphatic carbocycles. The average molecular weight is 356 g/mol. The Kier molecular flexibility index (Phi) is 4.99. The number of ether oxygens (including phenoxy) is 1. The standard InChI is InChI=1S/C19H25N5O2/c1-26-13-16-10-24(22-21-16)11-17-9-14-7-8-23(17)12-18(14)19(25)20-15-5-3-2-4-6-15/h2-6,10,14,17-18H,7-9,11-13H2,1H3,(H,20,25)/p+1/t14-,17-,18+/m1/s1. The summed E-state index contributed by atoms with van der Waals surface area (Å²) in [6.07, 6.45) is 4.17. The second kappa shape index (κ2) is 7.55. The van der Waals surface area contributed by atoms with Crippen LogP contribution in [0.2, 0.25) is 0 Å². The number of carbonyl (C=O) groups excluding carboxylic acids is 1. The zero-order chi connectivity index (χ0) is 17.9. The first-order valence-corrected chi connectivity index (χ1v) is 9.31. The Morgan fingerprint density at radius 3 is 2.96 bits per heavy atom. The Labute approximate surface area is 153 Å². The molecule has 2 bridgehead atoms. The molecule has 0 saturated carbocycles. The Hall–Kier alpha value is -2.25. The zero-order valence-electron chi connectivity index (χ0n) is 15.1. The molecule has 3 saturated heterocycles. The lowest BCUT2D eigenvalue weighted by Gasteiger charge is -2.46. The van der Waals surface area contributed by atoms with Crippen molar-refractivity contribution in [3.05, 3.63) is 42.2 Å². The number of piperidine rings is 3. The quantitative estimate of drug-likeness (QED) is 0.784. The minimum atomic E-state index is 0.106. The van der Waals surface area contributed by atoms with E-state index in [-0.39, 0.29) is 11.8 Å². The number of rotatable bonds is 6. The molecule has 138 valence electrons. The lowest BCUT2D eigenvalue weighted by Crippen LogP contribution is -3.20. The molecule has 1 unspecified atom stereocenters. The number of aromatic nitrogens is 3. The van der Waals surface area contributed by atoms with Crippen LogP contribution < -0.4 is 10.2 Å². The van der Waals surface area contributed by atoms with E-state index < -0.39 is 0 Å². The summed E-state index contributed by atoms with van der Waals surface area (Å²) in [5.74, 6) is 0.734. The van der Waals surface area contributed by atoms with E-state index in [1.165, 1.54) is 4.90 Å². The van der Waals surface area contributed by atoms with Crippen molar-refractivity contribution >= 4 is 11.6 Å². The third-order valence-electron chi connectivity index (χ3n) is 5.72. The molecular weight excluding hydrogens is 330 g/mol. The van der Waals surface area contributed by atoms with E-state index in [1.807, 2.05) is 41.2 Å². The maximum absolute atomic E-state index is 12.7. The minimum absolute atomic E-state index is 0.106. The maximum atomic E-state index is 12.7. The fourth-order valence-corrected chi connectivity index (χ4v) is 4.44. The topological polar surface area (TPSA) is 73.5 Å². The first kappa shape index (κ1) is 17.2. The van der Waals surface area contributed by atoms with E-state index in [0.29, 0.717) is 18.6 Å². The average Bonchev–Trinajstić information content (AvgIpc) is 3.10. The van der Waals surface area contributed by atoms with E-state index in [1.54, 1.807) is 7.11 Å². The molecule has 2 N–H and O–H groups in total. The van der Waals surface area contributed by atoms with Crippen LogP contribution in [0.5, 0.6) is 0 Å². The summed E-state index contributed by atoms with van der Waals surface area (Å²) in [7, 11) is 1.66. The molecule has 0 spiro atoms. The number of benzene rings is 1. The number of hydrogen-bond acceptors (Lipinski definition) is 4. The van der Waals surface area contributed by atoms with Crippen molar-refractivity contribution in [3.63, 3.8) is 0 Å². The van der Waals surface area contributed by atoms with Crippen molar-refractivity contribution in [3.8, 4) is 0 Å². The van der Waals surface area contributed by atoms with Crippen LogP contribution in [0.1, 0.15) is 18.5 Å². The Morgan fingerprint density at radius 2 is 2.23 bits per heavy atom. The van der Waals surface area contributed by atoms with Crippen molar-refractivity contribution in [2.45, 2.75) is 32.0 Å². The molecule has 4 heterocycles. The largest absolute Gasteiger partial charge is 0.378 e. The summed E-state index contributed by atoms with van der Waals surface area (Å²) >= 11 is 0. The van der Waals surface area contributed by atoms with Gasteiger partial charge in [-0.1, -0.05) is 23.4 Å². The molecule has 4 atom stereocenters. The molecule has 7 nitrogen and oxygen atoms in total. The van der Waals surface area contributed by atoms with Gasteiger partial charge in [0.05, 0.1) is 38.4 Å². The molecular formula is C19H26N5O2+. The van der Waals surface area contributed by atoms with Gasteiger partial charge in [0.25, 0.3) is 0 Å². The second-order valence-electron chi connectivity index (χ2n) is 7.42. The van der Waals surface area contributed by atoms with Crippen LogP contribution >= 0.6 is 0 Å². The number of hydrogen-bond donors (Lipinski definition) is 2. The van der Waals surface area contributed by atoms with Crippen LogP contribution in [0.15, 0.2) is 36.5 Å². The second-order valence-corrected chi connectivity index (χ2v) is 7.42. The molecule has 5 rings (SSSR count). The van der Waals surface area contributed by atoms with Crippen molar-refractivity contribution in [2.24, 2.45) is 11.8 Å². The highest BCUT2D eigenvalue weighted by Gasteiger charge is 2.46. The summed E-state index contributed by atoms with van der Waals surface area (Å²) < 4.78 is 7.03. The molecule has 26 heavy (non-hydrogen) atoms. The monoisotopic (exact) mass is 356 g/mol. The number of fused-ring (bicyclic) bond motifs is 3. The third-order valence-corrected chi connectivity index (χ3v) is 5.72. The first-order chi connectivity index (χ1) is 12.7. The number of methoxy groups -OCH3 is 1. The van der Waals surface area contributed by atoms with Crippen LogP contribution in [0.3, 0.4) is 0 Å². The number of para-hydroxylation sites is 1. The van der Waals surface area contributed by atoms with Crippen molar-refractivity contribution < 1.29 is 14.4 Å². The van der Waals surface area contributed by atoms with E-state index in [0.717, 1.165) is 43.9 Å². The fourth-order valence-electron chi connectivity index (χ4n) is 4.44. The van der Waals surface area contributed by atoms with Gasteiger partial charge in [-0.2, -0.15) is 0 Å². The summed E-state index contributed by atoms with van der Waals surface area (Å²) in [4.78, 5) is 14.2. The highest BCUT2D eigenvalue weighted by Crippen LogP contribution is 2.28. The number of nitrogens with zero attached hydrogens (tertiary/aromatic N) is 3.